The maximum Gasteiger partial charge on any atom is 0.223 e. The highest BCUT2D eigenvalue weighted by molar-refractivity contribution is 6.30. The first-order chi connectivity index (χ1) is 17.1. The Bertz CT molecular complexity index is 1130. The summed E-state index contributed by atoms with van der Waals surface area (Å²) < 4.78 is 1.78. The molecule has 1 N–H and O–H groups in total. The van der Waals surface area contributed by atoms with Gasteiger partial charge in [-0.3, -0.25) is 4.79 Å². The second kappa shape index (κ2) is 10.9. The molecule has 186 valence electrons. The van der Waals surface area contributed by atoms with E-state index < -0.39 is 0 Å². The molecule has 1 aromatic carbocycles. The molecule has 5 rings (SSSR count). The van der Waals surface area contributed by atoms with Crippen LogP contribution >= 0.6 is 11.6 Å². The summed E-state index contributed by atoms with van der Waals surface area (Å²) in [7, 11) is 0. The molecule has 2 aromatic heterocycles. The van der Waals surface area contributed by atoms with Crippen LogP contribution in [-0.4, -0.2) is 69.9 Å². The van der Waals surface area contributed by atoms with Crippen molar-refractivity contribution in [3.05, 3.63) is 41.4 Å². The molecule has 0 bridgehead atoms. The smallest absolute Gasteiger partial charge is 0.223 e. The molecule has 0 spiro atoms. The molecule has 2 aliphatic rings. The predicted molar refractivity (Wildman–Crippen MR) is 139 cm³/mol. The number of hydrogen-bond acceptors (Lipinski definition) is 6. The lowest BCUT2D eigenvalue weighted by molar-refractivity contribution is -0.125. The van der Waals surface area contributed by atoms with Crippen molar-refractivity contribution < 1.29 is 4.79 Å². The van der Waals surface area contributed by atoms with Crippen molar-refractivity contribution in [2.45, 2.75) is 39.0 Å². The van der Waals surface area contributed by atoms with Crippen molar-refractivity contribution in [1.29, 1.82) is 0 Å². The fraction of sp³-hybridized carbons (Fsp3) is 0.538. The van der Waals surface area contributed by atoms with Crippen LogP contribution in [0.5, 0.6) is 0 Å². The van der Waals surface area contributed by atoms with E-state index in [4.69, 9.17) is 16.7 Å². The van der Waals surface area contributed by atoms with Crippen molar-refractivity contribution in [2.24, 2.45) is 11.8 Å². The molecular weight excluding hydrogens is 462 g/mol. The van der Waals surface area contributed by atoms with E-state index in [-0.39, 0.29) is 11.8 Å². The highest BCUT2D eigenvalue weighted by Crippen LogP contribution is 2.25. The molecule has 1 amide bonds. The number of rotatable bonds is 7. The van der Waals surface area contributed by atoms with Crippen LogP contribution in [0.25, 0.3) is 17.0 Å². The minimum Gasteiger partial charge on any atom is -0.356 e. The number of hydrogen-bond donors (Lipinski definition) is 1. The van der Waals surface area contributed by atoms with Gasteiger partial charge in [-0.2, -0.15) is 4.52 Å². The summed E-state index contributed by atoms with van der Waals surface area (Å²) in [4.78, 5) is 17.5. The van der Waals surface area contributed by atoms with Crippen LogP contribution in [0.4, 0.5) is 5.82 Å². The fourth-order valence-electron chi connectivity index (χ4n) is 5.04. The van der Waals surface area contributed by atoms with E-state index in [1.54, 1.807) is 4.52 Å². The monoisotopic (exact) mass is 495 g/mol. The number of aromatic nitrogens is 4. The number of anilines is 1. The number of benzene rings is 1. The third kappa shape index (κ3) is 5.76. The van der Waals surface area contributed by atoms with Gasteiger partial charge in [-0.25, -0.2) is 0 Å². The van der Waals surface area contributed by atoms with Crippen molar-refractivity contribution in [2.75, 3.05) is 44.2 Å². The zero-order chi connectivity index (χ0) is 24.2. The van der Waals surface area contributed by atoms with Gasteiger partial charge >= 0.3 is 0 Å². The molecular formula is C26H34ClN7O. The first-order valence-corrected chi connectivity index (χ1v) is 13.2. The zero-order valence-corrected chi connectivity index (χ0v) is 21.1. The average molecular weight is 496 g/mol. The number of piperidine rings is 2. The Labute approximate surface area is 211 Å². The Morgan fingerprint density at radius 2 is 1.74 bits per heavy atom. The SMILES string of the molecule is CC1CCN(CCCNC(=O)C2CCN(c3ccc4nnc(-c5ccc(Cl)cc5)n4n3)CC2)CC1. The molecule has 8 nitrogen and oxygen atoms in total. The van der Waals surface area contributed by atoms with Gasteiger partial charge in [0.2, 0.25) is 5.91 Å². The van der Waals surface area contributed by atoms with E-state index in [0.717, 1.165) is 62.7 Å². The molecule has 0 saturated carbocycles. The number of likely N-dealkylation sites (tertiary alicyclic amines) is 1. The maximum absolute atomic E-state index is 12.7. The zero-order valence-electron chi connectivity index (χ0n) is 20.4. The Morgan fingerprint density at radius 3 is 2.49 bits per heavy atom. The van der Waals surface area contributed by atoms with E-state index in [9.17, 15) is 4.79 Å². The molecule has 3 aromatic rings. The van der Waals surface area contributed by atoms with Gasteiger partial charge in [0.1, 0.15) is 5.82 Å². The summed E-state index contributed by atoms with van der Waals surface area (Å²) in [5, 5.41) is 17.2. The Morgan fingerprint density at radius 1 is 1.00 bits per heavy atom. The average Bonchev–Trinajstić information content (AvgIpc) is 3.31. The predicted octanol–water partition coefficient (Wildman–Crippen LogP) is 3.90. The van der Waals surface area contributed by atoms with Gasteiger partial charge in [0, 0.05) is 36.1 Å². The standard InChI is InChI=1S/C26H34ClN7O/c1-19-9-15-32(16-10-19)14-2-13-28-26(35)21-11-17-33(18-12-21)24-8-7-23-29-30-25(34(23)31-24)20-3-5-22(27)6-4-20/h3-8,19,21H,2,9-18H2,1H3,(H,28,35). The first-order valence-electron chi connectivity index (χ1n) is 12.8. The number of halogens is 1. The van der Waals surface area contributed by atoms with Crippen LogP contribution in [0.1, 0.15) is 39.0 Å². The van der Waals surface area contributed by atoms with Gasteiger partial charge in [0.15, 0.2) is 11.5 Å². The van der Waals surface area contributed by atoms with Crippen LogP contribution in [0.15, 0.2) is 36.4 Å². The van der Waals surface area contributed by atoms with E-state index in [0.29, 0.717) is 16.5 Å². The largest absolute Gasteiger partial charge is 0.356 e. The number of carbonyl (C=O) groups is 1. The molecule has 0 unspecified atom stereocenters. The Hall–Kier alpha value is -2.71. The first kappa shape index (κ1) is 24.0. The highest BCUT2D eigenvalue weighted by Gasteiger charge is 2.26. The summed E-state index contributed by atoms with van der Waals surface area (Å²) in [6, 6.07) is 11.4. The van der Waals surface area contributed by atoms with Crippen LogP contribution in [0, 0.1) is 11.8 Å². The summed E-state index contributed by atoms with van der Waals surface area (Å²) in [6.45, 7) is 8.20. The molecule has 9 heteroatoms. The van der Waals surface area contributed by atoms with E-state index in [2.05, 4.69) is 32.2 Å². The van der Waals surface area contributed by atoms with Gasteiger partial charge in [0.05, 0.1) is 0 Å². The van der Waals surface area contributed by atoms with Gasteiger partial charge in [-0.15, -0.1) is 15.3 Å². The topological polar surface area (TPSA) is 78.7 Å². The molecule has 2 aliphatic heterocycles. The van der Waals surface area contributed by atoms with Crippen molar-refractivity contribution in [1.82, 2.24) is 30.0 Å². The highest BCUT2D eigenvalue weighted by atomic mass is 35.5. The molecule has 0 radical (unpaired) electrons. The number of fused-ring (bicyclic) bond motifs is 1. The third-order valence-electron chi connectivity index (χ3n) is 7.37. The van der Waals surface area contributed by atoms with Crippen molar-refractivity contribution >= 4 is 29.0 Å². The van der Waals surface area contributed by atoms with E-state index >= 15 is 0 Å². The van der Waals surface area contributed by atoms with Gasteiger partial charge in [-0.05, 0) is 94.1 Å². The Balaban J connectivity index is 1.12. The lowest BCUT2D eigenvalue weighted by atomic mass is 9.96. The lowest BCUT2D eigenvalue weighted by Crippen LogP contribution is -2.41. The summed E-state index contributed by atoms with van der Waals surface area (Å²) in [5.41, 5.74) is 1.61. The minimum atomic E-state index is 0.0744. The maximum atomic E-state index is 12.7. The van der Waals surface area contributed by atoms with Gasteiger partial charge in [-0.1, -0.05) is 18.5 Å². The molecule has 2 fully saturated rings. The fourth-order valence-corrected chi connectivity index (χ4v) is 5.17. The number of carbonyl (C=O) groups excluding carboxylic acids is 1. The van der Waals surface area contributed by atoms with Gasteiger partial charge < -0.3 is 15.1 Å². The Kier molecular flexibility index (Phi) is 7.48. The summed E-state index contributed by atoms with van der Waals surface area (Å²) in [5.74, 6) is 2.69. The molecule has 2 saturated heterocycles. The second-order valence-corrected chi connectivity index (χ2v) is 10.4. The van der Waals surface area contributed by atoms with Crippen LogP contribution in [0.2, 0.25) is 5.02 Å². The molecule has 0 atom stereocenters. The lowest BCUT2D eigenvalue weighted by Gasteiger charge is -2.32. The molecule has 0 aliphatic carbocycles. The van der Waals surface area contributed by atoms with Crippen molar-refractivity contribution in [3.8, 4) is 11.4 Å². The minimum absolute atomic E-state index is 0.0744. The summed E-state index contributed by atoms with van der Waals surface area (Å²) >= 11 is 6.03. The van der Waals surface area contributed by atoms with Crippen LogP contribution in [-0.2, 0) is 4.79 Å². The van der Waals surface area contributed by atoms with Gasteiger partial charge in [0.25, 0.3) is 0 Å². The van der Waals surface area contributed by atoms with E-state index in [1.165, 1.54) is 25.9 Å². The van der Waals surface area contributed by atoms with E-state index in [1.807, 2.05) is 36.4 Å². The quantitative estimate of drug-likeness (QED) is 0.501. The third-order valence-corrected chi connectivity index (χ3v) is 7.62. The normalized spacial score (nSPS) is 18.3. The molecule has 4 heterocycles. The number of nitrogens with one attached hydrogen (secondary N) is 1. The molecule has 35 heavy (non-hydrogen) atoms. The number of amides is 1. The number of nitrogens with zero attached hydrogens (tertiary/aromatic N) is 6. The van der Waals surface area contributed by atoms with Crippen LogP contribution < -0.4 is 10.2 Å². The van der Waals surface area contributed by atoms with Crippen molar-refractivity contribution in [3.63, 3.8) is 0 Å². The second-order valence-electron chi connectivity index (χ2n) is 9.92. The summed E-state index contributed by atoms with van der Waals surface area (Å²) in [6.07, 6.45) is 5.29. The van der Waals surface area contributed by atoms with Crippen LogP contribution in [0.3, 0.4) is 0 Å².